The third kappa shape index (κ3) is 2.76. The maximum atomic E-state index is 13.6. The van der Waals surface area contributed by atoms with Gasteiger partial charge in [-0.25, -0.2) is 4.39 Å². The average Bonchev–Trinajstić information content (AvgIpc) is 2.83. The van der Waals surface area contributed by atoms with Gasteiger partial charge in [0.05, 0.1) is 6.61 Å². The van der Waals surface area contributed by atoms with Gasteiger partial charge in [-0.05, 0) is 24.6 Å². The summed E-state index contributed by atoms with van der Waals surface area (Å²) in [6.07, 6.45) is 0.806. The number of rotatable bonds is 5. The minimum absolute atomic E-state index is 0.0830. The van der Waals surface area contributed by atoms with Gasteiger partial charge >= 0.3 is 0 Å². The first-order valence-corrected chi connectivity index (χ1v) is 6.34. The van der Waals surface area contributed by atoms with Crippen molar-refractivity contribution < 1.29 is 14.3 Å². The molecule has 0 spiro atoms. The number of amides is 1. The third-order valence-corrected chi connectivity index (χ3v) is 2.99. The SMILES string of the molecule is CCCN(CCO)C(=O)c1cc2c(F)cccc2[nH]1. The largest absolute Gasteiger partial charge is 0.395 e. The van der Waals surface area contributed by atoms with Crippen LogP contribution in [0.5, 0.6) is 0 Å². The molecule has 0 aliphatic carbocycles. The molecule has 102 valence electrons. The minimum Gasteiger partial charge on any atom is -0.395 e. The number of H-pyrrole nitrogens is 1. The van der Waals surface area contributed by atoms with Crippen LogP contribution in [0.15, 0.2) is 24.3 Å². The highest BCUT2D eigenvalue weighted by molar-refractivity contribution is 5.98. The van der Waals surface area contributed by atoms with Gasteiger partial charge in [0.1, 0.15) is 11.5 Å². The van der Waals surface area contributed by atoms with E-state index >= 15 is 0 Å². The van der Waals surface area contributed by atoms with Crippen LogP contribution in [0.1, 0.15) is 23.8 Å². The standard InChI is InChI=1S/C14H17FN2O2/c1-2-6-17(7-8-18)14(19)13-9-10-11(15)4-3-5-12(10)16-13/h3-5,9,16,18H,2,6-8H2,1H3. The summed E-state index contributed by atoms with van der Waals surface area (Å²) >= 11 is 0. The summed E-state index contributed by atoms with van der Waals surface area (Å²) in [5.41, 5.74) is 0.950. The van der Waals surface area contributed by atoms with E-state index in [1.807, 2.05) is 6.92 Å². The normalized spacial score (nSPS) is 10.9. The number of benzene rings is 1. The van der Waals surface area contributed by atoms with E-state index in [1.165, 1.54) is 12.1 Å². The van der Waals surface area contributed by atoms with Gasteiger partial charge in [0.15, 0.2) is 0 Å². The Balaban J connectivity index is 2.32. The van der Waals surface area contributed by atoms with E-state index in [4.69, 9.17) is 5.11 Å². The summed E-state index contributed by atoms with van der Waals surface area (Å²) in [5, 5.41) is 9.39. The molecule has 2 aromatic rings. The zero-order valence-corrected chi connectivity index (χ0v) is 10.8. The molecule has 0 saturated heterocycles. The molecule has 5 heteroatoms. The Morgan fingerprint density at radius 2 is 2.21 bits per heavy atom. The van der Waals surface area contributed by atoms with E-state index in [2.05, 4.69) is 4.98 Å². The maximum absolute atomic E-state index is 13.6. The molecule has 0 radical (unpaired) electrons. The van der Waals surface area contributed by atoms with Gasteiger partial charge in [-0.15, -0.1) is 0 Å². The molecule has 1 aromatic carbocycles. The van der Waals surface area contributed by atoms with Gasteiger partial charge < -0.3 is 15.0 Å². The smallest absolute Gasteiger partial charge is 0.270 e. The highest BCUT2D eigenvalue weighted by Gasteiger charge is 2.17. The molecular formula is C14H17FN2O2. The van der Waals surface area contributed by atoms with Crippen LogP contribution < -0.4 is 0 Å². The molecule has 0 bridgehead atoms. The average molecular weight is 264 g/mol. The zero-order chi connectivity index (χ0) is 13.8. The van der Waals surface area contributed by atoms with E-state index < -0.39 is 0 Å². The van der Waals surface area contributed by atoms with Crippen molar-refractivity contribution in [2.75, 3.05) is 19.7 Å². The zero-order valence-electron chi connectivity index (χ0n) is 10.8. The number of nitrogens with zero attached hydrogens (tertiary/aromatic N) is 1. The molecule has 2 N–H and O–H groups in total. The predicted molar refractivity (Wildman–Crippen MR) is 71.5 cm³/mol. The Bertz CT molecular complexity index is 574. The number of aliphatic hydroxyl groups excluding tert-OH is 1. The Hall–Kier alpha value is -1.88. The number of fused-ring (bicyclic) bond motifs is 1. The number of hydrogen-bond donors (Lipinski definition) is 2. The van der Waals surface area contributed by atoms with Crippen molar-refractivity contribution in [3.8, 4) is 0 Å². The first-order chi connectivity index (χ1) is 9.17. The lowest BCUT2D eigenvalue weighted by atomic mass is 10.2. The summed E-state index contributed by atoms with van der Waals surface area (Å²) in [5.74, 6) is -0.566. The Kier molecular flexibility index (Phi) is 4.16. The Morgan fingerprint density at radius 3 is 2.84 bits per heavy atom. The number of carbonyl (C=O) groups excluding carboxylic acids is 1. The fourth-order valence-electron chi connectivity index (χ4n) is 2.11. The summed E-state index contributed by atoms with van der Waals surface area (Å²) in [7, 11) is 0. The van der Waals surface area contributed by atoms with Crippen LogP contribution in [0, 0.1) is 5.82 Å². The van der Waals surface area contributed by atoms with Crippen LogP contribution in [0.25, 0.3) is 10.9 Å². The minimum atomic E-state index is -0.350. The summed E-state index contributed by atoms with van der Waals surface area (Å²) in [6.45, 7) is 2.73. The van der Waals surface area contributed by atoms with Crippen molar-refractivity contribution in [2.24, 2.45) is 0 Å². The van der Waals surface area contributed by atoms with E-state index in [0.29, 0.717) is 23.1 Å². The van der Waals surface area contributed by atoms with Crippen molar-refractivity contribution in [1.29, 1.82) is 0 Å². The first kappa shape index (κ1) is 13.5. The second kappa shape index (κ2) is 5.84. The van der Waals surface area contributed by atoms with Crippen molar-refractivity contribution in [3.63, 3.8) is 0 Å². The van der Waals surface area contributed by atoms with E-state index in [-0.39, 0.29) is 24.9 Å². The molecule has 0 aliphatic rings. The number of hydrogen-bond acceptors (Lipinski definition) is 2. The molecule has 0 unspecified atom stereocenters. The second-order valence-corrected chi connectivity index (χ2v) is 4.40. The van der Waals surface area contributed by atoms with Gasteiger partial charge in [0.2, 0.25) is 0 Å². The summed E-state index contributed by atoms with van der Waals surface area (Å²) in [4.78, 5) is 16.7. The van der Waals surface area contributed by atoms with Gasteiger partial charge in [0.25, 0.3) is 5.91 Å². The molecule has 2 rings (SSSR count). The number of halogens is 1. The molecule has 19 heavy (non-hydrogen) atoms. The van der Waals surface area contributed by atoms with Crippen LogP contribution in [-0.2, 0) is 0 Å². The lowest BCUT2D eigenvalue weighted by Crippen LogP contribution is -2.34. The molecule has 0 fully saturated rings. The number of aromatic nitrogens is 1. The molecule has 0 atom stereocenters. The molecular weight excluding hydrogens is 247 g/mol. The monoisotopic (exact) mass is 264 g/mol. The number of aliphatic hydroxyl groups is 1. The van der Waals surface area contributed by atoms with Crippen LogP contribution in [0.3, 0.4) is 0 Å². The molecule has 0 saturated carbocycles. The molecule has 4 nitrogen and oxygen atoms in total. The topological polar surface area (TPSA) is 56.3 Å². The van der Waals surface area contributed by atoms with Crippen LogP contribution in [0.4, 0.5) is 4.39 Å². The Morgan fingerprint density at radius 1 is 1.42 bits per heavy atom. The van der Waals surface area contributed by atoms with Crippen molar-refractivity contribution in [2.45, 2.75) is 13.3 Å². The quantitative estimate of drug-likeness (QED) is 0.869. The summed E-state index contributed by atoms with van der Waals surface area (Å²) < 4.78 is 13.6. The second-order valence-electron chi connectivity index (χ2n) is 4.40. The molecule has 1 amide bonds. The lowest BCUT2D eigenvalue weighted by molar-refractivity contribution is 0.0717. The van der Waals surface area contributed by atoms with E-state index in [9.17, 15) is 9.18 Å². The molecule has 1 heterocycles. The number of carbonyl (C=O) groups is 1. The number of nitrogens with one attached hydrogen (secondary N) is 1. The van der Waals surface area contributed by atoms with Gasteiger partial charge in [-0.1, -0.05) is 13.0 Å². The van der Waals surface area contributed by atoms with Crippen LogP contribution >= 0.6 is 0 Å². The lowest BCUT2D eigenvalue weighted by Gasteiger charge is -2.20. The Labute approximate surface area is 110 Å². The van der Waals surface area contributed by atoms with E-state index in [0.717, 1.165) is 6.42 Å². The van der Waals surface area contributed by atoms with E-state index in [1.54, 1.807) is 17.0 Å². The van der Waals surface area contributed by atoms with Crippen LogP contribution in [-0.4, -0.2) is 40.6 Å². The molecule has 0 aliphatic heterocycles. The fraction of sp³-hybridized carbons (Fsp3) is 0.357. The highest BCUT2D eigenvalue weighted by Crippen LogP contribution is 2.19. The van der Waals surface area contributed by atoms with Gasteiger partial charge in [-0.2, -0.15) is 0 Å². The summed E-state index contributed by atoms with van der Waals surface area (Å²) in [6, 6.07) is 6.21. The first-order valence-electron chi connectivity index (χ1n) is 6.34. The van der Waals surface area contributed by atoms with Gasteiger partial charge in [-0.3, -0.25) is 4.79 Å². The van der Waals surface area contributed by atoms with Crippen molar-refractivity contribution in [1.82, 2.24) is 9.88 Å². The number of aromatic amines is 1. The third-order valence-electron chi connectivity index (χ3n) is 2.99. The van der Waals surface area contributed by atoms with Crippen LogP contribution in [0.2, 0.25) is 0 Å². The maximum Gasteiger partial charge on any atom is 0.270 e. The van der Waals surface area contributed by atoms with Gasteiger partial charge in [0, 0.05) is 24.0 Å². The highest BCUT2D eigenvalue weighted by atomic mass is 19.1. The predicted octanol–water partition coefficient (Wildman–Crippen LogP) is 2.15. The fourth-order valence-corrected chi connectivity index (χ4v) is 2.11. The van der Waals surface area contributed by atoms with Crippen molar-refractivity contribution >= 4 is 16.8 Å². The van der Waals surface area contributed by atoms with Crippen molar-refractivity contribution in [3.05, 3.63) is 35.8 Å². The molecule has 1 aromatic heterocycles.